The maximum Gasteiger partial charge on any atom is 0.187 e. The molecule has 0 bridgehead atoms. The zero-order valence-electron chi connectivity index (χ0n) is 45.8. The lowest BCUT2D eigenvalue weighted by Crippen LogP contribution is -2.68. The first-order valence-corrected chi connectivity index (χ1v) is 27.9. The van der Waals surface area contributed by atoms with Crippen LogP contribution in [0.4, 0.5) is 0 Å². The Hall–Kier alpha value is -1.18. The number of ether oxygens (including phenoxy) is 8. The minimum Gasteiger partial charge on any atom is -0.394 e. The fraction of sp³-hybridized carbons (Fsp3) is 0.963. The second kappa shape index (κ2) is 23.5. The standard InChI is InChI=1S/C54H92O23/c1-23(2)10-9-14-54(8,77-48-44(69)40(65)37(62)29(74-48)22-70-46-42(67)38(63)34(59)26(19-55)71-46)24-11-16-53(7)33(24)25(58)18-31-51(5)15-13-32(50(3,4)30(51)12-17-52(31,53)6)75-49-45(41(66)36(61)28(21-57)73-49)76-47-43(68)39(64)35(60)27(20-56)72-47/h10,24-49,55-69H,9,11-22H2,1-8H3/t24-,25+,26+,27-,28-,29+,30-,31+,32-,33-,34+,35-,36-,37+,38-,39+,40-,41+,42+,43-,44+,45-,46?,47+,48-,49+,51-,52+,53+,54?/m0/s1. The van der Waals surface area contributed by atoms with Gasteiger partial charge in [0.15, 0.2) is 25.2 Å². The van der Waals surface area contributed by atoms with E-state index >= 15 is 0 Å². The van der Waals surface area contributed by atoms with Crippen molar-refractivity contribution in [1.29, 1.82) is 0 Å². The smallest absolute Gasteiger partial charge is 0.187 e. The van der Waals surface area contributed by atoms with Crippen molar-refractivity contribution in [3.63, 3.8) is 0 Å². The maximum absolute atomic E-state index is 12.8. The lowest BCUT2D eigenvalue weighted by Gasteiger charge is -2.71. The molecule has 23 nitrogen and oxygen atoms in total. The molecular formula is C54H92O23. The maximum atomic E-state index is 12.8. The van der Waals surface area contributed by atoms with Gasteiger partial charge in [0.1, 0.15) is 97.7 Å². The highest BCUT2D eigenvalue weighted by atomic mass is 16.8. The second-order valence-corrected chi connectivity index (χ2v) is 25.7. The number of rotatable bonds is 16. The molecule has 77 heavy (non-hydrogen) atoms. The van der Waals surface area contributed by atoms with Gasteiger partial charge in [0, 0.05) is 0 Å². The molecule has 4 aliphatic carbocycles. The van der Waals surface area contributed by atoms with E-state index in [0.29, 0.717) is 38.5 Å². The zero-order valence-corrected chi connectivity index (χ0v) is 45.8. The molecule has 0 aromatic carbocycles. The second-order valence-electron chi connectivity index (χ2n) is 25.7. The molecule has 15 N–H and O–H groups in total. The van der Waals surface area contributed by atoms with Crippen LogP contribution in [-0.2, 0) is 37.9 Å². The van der Waals surface area contributed by atoms with Gasteiger partial charge in [-0.05, 0) is 124 Å². The Morgan fingerprint density at radius 3 is 1.64 bits per heavy atom. The molecule has 8 rings (SSSR count). The van der Waals surface area contributed by atoms with E-state index in [2.05, 4.69) is 40.7 Å². The third-order valence-corrected chi connectivity index (χ3v) is 20.9. The summed E-state index contributed by atoms with van der Waals surface area (Å²) in [4.78, 5) is 0. The van der Waals surface area contributed by atoms with Gasteiger partial charge in [-0.15, -0.1) is 0 Å². The first kappa shape index (κ1) is 61.9. The van der Waals surface area contributed by atoms with E-state index in [-0.39, 0.29) is 34.5 Å². The van der Waals surface area contributed by atoms with Gasteiger partial charge in [0.05, 0.1) is 44.2 Å². The van der Waals surface area contributed by atoms with E-state index in [1.165, 1.54) is 0 Å². The third kappa shape index (κ3) is 10.9. The Morgan fingerprint density at radius 2 is 1.05 bits per heavy atom. The summed E-state index contributed by atoms with van der Waals surface area (Å²) in [7, 11) is 0. The van der Waals surface area contributed by atoms with Crippen LogP contribution in [0.1, 0.15) is 113 Å². The Bertz CT molecular complexity index is 1990. The largest absolute Gasteiger partial charge is 0.394 e. The summed E-state index contributed by atoms with van der Waals surface area (Å²) in [6.45, 7) is 14.6. The minimum atomic E-state index is -1.82. The predicted molar refractivity (Wildman–Crippen MR) is 266 cm³/mol. The van der Waals surface area contributed by atoms with E-state index in [4.69, 9.17) is 37.9 Å². The fourth-order valence-corrected chi connectivity index (χ4v) is 16.3. The van der Waals surface area contributed by atoms with E-state index in [9.17, 15) is 76.6 Å². The van der Waals surface area contributed by atoms with Crippen molar-refractivity contribution >= 4 is 0 Å². The molecule has 8 aliphatic rings. The molecule has 4 saturated carbocycles. The van der Waals surface area contributed by atoms with Crippen LogP contribution in [0.3, 0.4) is 0 Å². The fourth-order valence-electron chi connectivity index (χ4n) is 16.3. The average Bonchev–Trinajstić information content (AvgIpc) is 3.96. The predicted octanol–water partition coefficient (Wildman–Crippen LogP) is -2.20. The summed E-state index contributed by atoms with van der Waals surface area (Å²) < 4.78 is 48.9. The van der Waals surface area contributed by atoms with Crippen molar-refractivity contribution in [3.8, 4) is 0 Å². The van der Waals surface area contributed by atoms with Crippen molar-refractivity contribution < 1.29 is 114 Å². The molecule has 4 saturated heterocycles. The molecule has 446 valence electrons. The number of fused-ring (bicyclic) bond motifs is 5. The van der Waals surface area contributed by atoms with Crippen LogP contribution < -0.4 is 0 Å². The van der Waals surface area contributed by atoms with Gasteiger partial charge in [0.25, 0.3) is 0 Å². The lowest BCUT2D eigenvalue weighted by molar-refractivity contribution is -0.378. The SMILES string of the molecule is CC(C)=CCCC(C)(O[C@@H]1O[C@H](COC2O[C@H](CO)[C@@H](O)[C@H](O)[C@H]2O)[C@@H](O)[C@H](O)[C@H]1O)[C@H]1CC[C@]2(C)[C@@H]1[C@H](O)C[C@@H]1[C@@]3(C)CC[C@H](O[C@H]4O[C@@H](CO)[C@H](O)[C@@H](O)[C@@H]4O[C@H]4O[C@@H](CO)[C@H](O)[C@@H](O)[C@@H]4O)C(C)(C)[C@@H]3CC[C@]12C. The highest BCUT2D eigenvalue weighted by molar-refractivity contribution is 5.20. The average molecular weight is 1110 g/mol. The molecule has 0 aromatic rings. The highest BCUT2D eigenvalue weighted by Gasteiger charge is 2.72. The number of aliphatic hydroxyl groups excluding tert-OH is 15. The molecule has 23 heteroatoms. The normalized spacial score (nSPS) is 52.7. The molecule has 0 radical (unpaired) electrons. The summed E-state index contributed by atoms with van der Waals surface area (Å²) in [5.74, 6) is -0.475. The van der Waals surface area contributed by atoms with E-state index in [1.807, 2.05) is 20.8 Å². The number of aliphatic hydroxyl groups is 15. The first-order valence-electron chi connectivity index (χ1n) is 27.9. The summed E-state index contributed by atoms with van der Waals surface area (Å²) in [6.07, 6.45) is -25.2. The highest BCUT2D eigenvalue weighted by Crippen LogP contribution is 2.76. The Morgan fingerprint density at radius 1 is 0.545 bits per heavy atom. The number of allylic oxidation sites excluding steroid dienone is 2. The van der Waals surface area contributed by atoms with E-state index in [0.717, 1.165) is 24.8 Å². The topological polar surface area (TPSA) is 377 Å². The molecular weight excluding hydrogens is 1020 g/mol. The molecule has 0 aromatic heterocycles. The molecule has 30 atom stereocenters. The molecule has 4 heterocycles. The molecule has 0 amide bonds. The summed E-state index contributed by atoms with van der Waals surface area (Å²) >= 11 is 0. The van der Waals surface area contributed by atoms with Gasteiger partial charge >= 0.3 is 0 Å². The third-order valence-electron chi connectivity index (χ3n) is 20.9. The summed E-state index contributed by atoms with van der Waals surface area (Å²) in [5, 5.41) is 162. The van der Waals surface area contributed by atoms with E-state index < -0.39 is 178 Å². The van der Waals surface area contributed by atoms with Gasteiger partial charge < -0.3 is 114 Å². The van der Waals surface area contributed by atoms with Crippen LogP contribution >= 0.6 is 0 Å². The van der Waals surface area contributed by atoms with Crippen LogP contribution in [0.15, 0.2) is 11.6 Å². The van der Waals surface area contributed by atoms with Crippen molar-refractivity contribution in [2.75, 3.05) is 26.4 Å². The minimum absolute atomic E-state index is 0.0374. The van der Waals surface area contributed by atoms with Crippen molar-refractivity contribution in [3.05, 3.63) is 11.6 Å². The quantitative estimate of drug-likeness (QED) is 0.0576. The van der Waals surface area contributed by atoms with Crippen molar-refractivity contribution in [2.45, 2.75) is 254 Å². The van der Waals surface area contributed by atoms with Crippen molar-refractivity contribution in [2.24, 2.45) is 45.3 Å². The molecule has 2 unspecified atom stereocenters. The van der Waals surface area contributed by atoms with Crippen LogP contribution in [0.5, 0.6) is 0 Å². The van der Waals surface area contributed by atoms with Gasteiger partial charge in [-0.1, -0.05) is 46.3 Å². The Kier molecular flexibility index (Phi) is 18.9. The summed E-state index contributed by atoms with van der Waals surface area (Å²) in [6, 6.07) is 0. The van der Waals surface area contributed by atoms with Crippen LogP contribution in [-0.4, -0.2) is 244 Å². The van der Waals surface area contributed by atoms with Crippen molar-refractivity contribution in [1.82, 2.24) is 0 Å². The van der Waals surface area contributed by atoms with Gasteiger partial charge in [-0.25, -0.2) is 0 Å². The van der Waals surface area contributed by atoms with Gasteiger partial charge in [0.2, 0.25) is 0 Å². The lowest BCUT2D eigenvalue weighted by atomic mass is 9.35. The van der Waals surface area contributed by atoms with Gasteiger partial charge in [-0.3, -0.25) is 0 Å². The molecule has 4 aliphatic heterocycles. The summed E-state index contributed by atoms with van der Waals surface area (Å²) in [5.41, 5.74) is -1.59. The zero-order chi connectivity index (χ0) is 56.6. The van der Waals surface area contributed by atoms with Crippen LogP contribution in [0.25, 0.3) is 0 Å². The monoisotopic (exact) mass is 1110 g/mol. The first-order chi connectivity index (χ1) is 36.0. The Labute approximate surface area is 450 Å². The van der Waals surface area contributed by atoms with Crippen LogP contribution in [0.2, 0.25) is 0 Å². The van der Waals surface area contributed by atoms with Crippen LogP contribution in [0, 0.1) is 45.3 Å². The van der Waals surface area contributed by atoms with E-state index in [1.54, 1.807) is 0 Å². The molecule has 8 fully saturated rings. The number of hydrogen-bond donors (Lipinski definition) is 15. The molecule has 0 spiro atoms. The Balaban J connectivity index is 1.01. The van der Waals surface area contributed by atoms with Gasteiger partial charge in [-0.2, -0.15) is 0 Å². The number of hydrogen-bond acceptors (Lipinski definition) is 23.